The van der Waals surface area contributed by atoms with Gasteiger partial charge in [0.1, 0.15) is 0 Å². The van der Waals surface area contributed by atoms with E-state index in [1.54, 1.807) is 0 Å². The van der Waals surface area contributed by atoms with E-state index in [-0.39, 0.29) is 11.0 Å². The quantitative estimate of drug-likeness (QED) is 0.855. The van der Waals surface area contributed by atoms with Crippen molar-refractivity contribution in [2.75, 3.05) is 0 Å². The number of carboxylic acids is 1. The van der Waals surface area contributed by atoms with Crippen molar-refractivity contribution in [3.8, 4) is 0 Å². The summed E-state index contributed by atoms with van der Waals surface area (Å²) in [5.41, 5.74) is -0.860. The van der Waals surface area contributed by atoms with Crippen LogP contribution in [0.3, 0.4) is 0 Å². The van der Waals surface area contributed by atoms with Gasteiger partial charge in [-0.25, -0.2) is 13.6 Å². The van der Waals surface area contributed by atoms with Crippen LogP contribution < -0.4 is 0 Å². The zero-order valence-corrected chi connectivity index (χ0v) is 8.46. The number of alkyl halides is 3. The molecule has 6 heteroatoms. The summed E-state index contributed by atoms with van der Waals surface area (Å²) >= 11 is 2.97. The van der Waals surface area contributed by atoms with Gasteiger partial charge in [-0.1, -0.05) is 15.9 Å². The normalized spacial score (nSPS) is 10.6. The van der Waals surface area contributed by atoms with Crippen molar-refractivity contribution < 1.29 is 18.7 Å². The van der Waals surface area contributed by atoms with Crippen LogP contribution in [0.2, 0.25) is 0 Å². The molecule has 0 radical (unpaired) electrons. The van der Waals surface area contributed by atoms with E-state index >= 15 is 0 Å². The second kappa shape index (κ2) is 4.45. The van der Waals surface area contributed by atoms with Crippen molar-refractivity contribution in [1.82, 2.24) is 4.98 Å². The number of halogens is 3. The van der Waals surface area contributed by atoms with Gasteiger partial charge in [-0.15, -0.1) is 0 Å². The minimum absolute atomic E-state index is 0.0555. The van der Waals surface area contributed by atoms with Gasteiger partial charge in [-0.2, -0.15) is 0 Å². The summed E-state index contributed by atoms with van der Waals surface area (Å²) in [7, 11) is 0. The van der Waals surface area contributed by atoms with Crippen molar-refractivity contribution in [3.05, 3.63) is 29.1 Å². The second-order valence-electron chi connectivity index (χ2n) is 2.46. The lowest BCUT2D eigenvalue weighted by atomic mass is 10.1. The first kappa shape index (κ1) is 11.0. The number of carbonyl (C=O) groups is 1. The van der Waals surface area contributed by atoms with Gasteiger partial charge in [0.25, 0.3) is 6.43 Å². The molecule has 0 saturated carbocycles. The minimum atomic E-state index is -2.83. The Morgan fingerprint density at radius 1 is 1.64 bits per heavy atom. The summed E-state index contributed by atoms with van der Waals surface area (Å²) in [6.45, 7) is 0. The van der Waals surface area contributed by atoms with Gasteiger partial charge in [-0.3, -0.25) is 4.98 Å². The molecule has 1 heterocycles. The Morgan fingerprint density at radius 2 is 2.29 bits per heavy atom. The fourth-order valence-corrected chi connectivity index (χ4v) is 1.50. The molecule has 1 aromatic rings. The van der Waals surface area contributed by atoms with E-state index in [1.165, 1.54) is 6.20 Å². The van der Waals surface area contributed by atoms with Crippen molar-refractivity contribution in [2.24, 2.45) is 0 Å². The number of rotatable bonds is 3. The molecule has 1 aromatic heterocycles. The van der Waals surface area contributed by atoms with Crippen molar-refractivity contribution in [1.29, 1.82) is 0 Å². The van der Waals surface area contributed by atoms with E-state index < -0.39 is 23.5 Å². The highest BCUT2D eigenvalue weighted by molar-refractivity contribution is 9.08. The molecule has 76 valence electrons. The maximum atomic E-state index is 12.5. The SMILES string of the molecule is O=C(O)c1ccnc(CBr)c1C(F)F. The van der Waals surface area contributed by atoms with Crippen LogP contribution in [0.15, 0.2) is 12.3 Å². The number of hydrogen-bond donors (Lipinski definition) is 1. The third kappa shape index (κ3) is 2.06. The Hall–Kier alpha value is -1.04. The number of pyridine rings is 1. The van der Waals surface area contributed by atoms with E-state index in [4.69, 9.17) is 5.11 Å². The molecule has 0 atom stereocenters. The Bertz CT molecular complexity index is 357. The summed E-state index contributed by atoms with van der Waals surface area (Å²) in [5.74, 6) is -1.37. The maximum absolute atomic E-state index is 12.5. The van der Waals surface area contributed by atoms with Crippen LogP contribution in [0.25, 0.3) is 0 Å². The zero-order chi connectivity index (χ0) is 10.7. The van der Waals surface area contributed by atoms with Crippen LogP contribution in [0.1, 0.15) is 28.0 Å². The minimum Gasteiger partial charge on any atom is -0.478 e. The van der Waals surface area contributed by atoms with Crippen LogP contribution >= 0.6 is 15.9 Å². The summed E-state index contributed by atoms with van der Waals surface area (Å²) in [6.07, 6.45) is -1.63. The molecule has 14 heavy (non-hydrogen) atoms. The van der Waals surface area contributed by atoms with Gasteiger partial charge >= 0.3 is 5.97 Å². The lowest BCUT2D eigenvalue weighted by Crippen LogP contribution is -2.07. The molecule has 0 spiro atoms. The van der Waals surface area contributed by atoms with E-state index in [9.17, 15) is 13.6 Å². The first-order valence-corrected chi connectivity index (χ1v) is 4.75. The van der Waals surface area contributed by atoms with Crippen LogP contribution in [-0.2, 0) is 5.33 Å². The molecule has 1 rings (SSSR count). The average molecular weight is 266 g/mol. The van der Waals surface area contributed by atoms with Crippen LogP contribution in [0.5, 0.6) is 0 Å². The van der Waals surface area contributed by atoms with Crippen molar-refractivity contribution in [2.45, 2.75) is 11.8 Å². The van der Waals surface area contributed by atoms with E-state index in [0.29, 0.717) is 0 Å². The van der Waals surface area contributed by atoms with Gasteiger partial charge in [0, 0.05) is 11.5 Å². The Labute approximate surface area is 86.9 Å². The number of aromatic carboxylic acids is 1. The highest BCUT2D eigenvalue weighted by Crippen LogP contribution is 2.26. The zero-order valence-electron chi connectivity index (χ0n) is 6.88. The standard InChI is InChI=1S/C8H6BrF2NO2/c9-3-5-6(7(10)11)4(8(13)14)1-2-12-5/h1-2,7H,3H2,(H,13,14). The lowest BCUT2D eigenvalue weighted by Gasteiger charge is -2.08. The largest absolute Gasteiger partial charge is 0.478 e. The average Bonchev–Trinajstić information content (AvgIpc) is 2.16. The number of hydrogen-bond acceptors (Lipinski definition) is 2. The molecule has 0 fully saturated rings. The second-order valence-corrected chi connectivity index (χ2v) is 3.02. The van der Waals surface area contributed by atoms with E-state index in [1.807, 2.05) is 0 Å². The fraction of sp³-hybridized carbons (Fsp3) is 0.250. The Morgan fingerprint density at radius 3 is 2.71 bits per heavy atom. The molecule has 0 saturated heterocycles. The summed E-state index contributed by atoms with van der Waals surface area (Å²) < 4.78 is 25.0. The molecular formula is C8H6BrF2NO2. The van der Waals surface area contributed by atoms with Gasteiger partial charge in [0.2, 0.25) is 0 Å². The van der Waals surface area contributed by atoms with Gasteiger partial charge in [0.05, 0.1) is 16.8 Å². The molecule has 0 unspecified atom stereocenters. The Kier molecular flexibility index (Phi) is 3.51. The highest BCUT2D eigenvalue weighted by atomic mass is 79.9. The topological polar surface area (TPSA) is 50.2 Å². The molecular weight excluding hydrogens is 260 g/mol. The number of carboxylic acid groups (broad SMARTS) is 1. The monoisotopic (exact) mass is 265 g/mol. The molecule has 0 bridgehead atoms. The molecule has 1 N–H and O–H groups in total. The molecule has 0 amide bonds. The highest BCUT2D eigenvalue weighted by Gasteiger charge is 2.21. The predicted octanol–water partition coefficient (Wildman–Crippen LogP) is 2.61. The van der Waals surface area contributed by atoms with Crippen molar-refractivity contribution in [3.63, 3.8) is 0 Å². The van der Waals surface area contributed by atoms with E-state index in [2.05, 4.69) is 20.9 Å². The molecule has 0 aliphatic carbocycles. The third-order valence-corrected chi connectivity index (χ3v) is 2.18. The summed E-state index contributed by atoms with van der Waals surface area (Å²) in [4.78, 5) is 14.3. The van der Waals surface area contributed by atoms with E-state index in [0.717, 1.165) is 6.07 Å². The first-order valence-electron chi connectivity index (χ1n) is 3.63. The number of nitrogens with zero attached hydrogens (tertiary/aromatic N) is 1. The maximum Gasteiger partial charge on any atom is 0.336 e. The first-order chi connectivity index (χ1) is 6.57. The molecule has 0 aromatic carbocycles. The van der Waals surface area contributed by atoms with Gasteiger partial charge < -0.3 is 5.11 Å². The summed E-state index contributed by atoms with van der Waals surface area (Å²) in [5, 5.41) is 8.76. The Balaban J connectivity index is 3.35. The summed E-state index contributed by atoms with van der Waals surface area (Å²) in [6, 6.07) is 1.07. The van der Waals surface area contributed by atoms with Gasteiger partial charge in [-0.05, 0) is 6.07 Å². The fourth-order valence-electron chi connectivity index (χ4n) is 1.05. The molecule has 0 aliphatic rings. The van der Waals surface area contributed by atoms with Crippen LogP contribution in [0.4, 0.5) is 8.78 Å². The predicted molar refractivity (Wildman–Crippen MR) is 48.8 cm³/mol. The van der Waals surface area contributed by atoms with Crippen molar-refractivity contribution >= 4 is 21.9 Å². The third-order valence-electron chi connectivity index (χ3n) is 1.65. The smallest absolute Gasteiger partial charge is 0.336 e. The van der Waals surface area contributed by atoms with Gasteiger partial charge in [0.15, 0.2) is 0 Å². The lowest BCUT2D eigenvalue weighted by molar-refractivity contribution is 0.0683. The molecule has 3 nitrogen and oxygen atoms in total. The molecule has 0 aliphatic heterocycles. The van der Waals surface area contributed by atoms with Crippen LogP contribution in [-0.4, -0.2) is 16.1 Å². The van der Waals surface area contributed by atoms with Crippen LogP contribution in [0, 0.1) is 0 Å². The number of aromatic nitrogens is 1.